The minimum absolute atomic E-state index is 0. The molecule has 6 heteroatoms. The van der Waals surface area contributed by atoms with Gasteiger partial charge in [0, 0.05) is 29.9 Å². The zero-order chi connectivity index (χ0) is 12.4. The zero-order valence-corrected chi connectivity index (χ0v) is 11.6. The third-order valence-electron chi connectivity index (χ3n) is 3.33. The molecule has 1 aliphatic rings. The van der Waals surface area contributed by atoms with E-state index in [0.29, 0.717) is 17.8 Å². The van der Waals surface area contributed by atoms with Gasteiger partial charge in [-0.2, -0.15) is 4.98 Å². The van der Waals surface area contributed by atoms with Crippen molar-refractivity contribution in [2.75, 3.05) is 6.54 Å². The van der Waals surface area contributed by atoms with Crippen LogP contribution in [-0.4, -0.2) is 27.7 Å². The molecule has 3 heterocycles. The van der Waals surface area contributed by atoms with Gasteiger partial charge in [0.2, 0.25) is 11.7 Å². The fraction of sp³-hybridized carbons (Fsp3) is 0.462. The van der Waals surface area contributed by atoms with E-state index in [9.17, 15) is 0 Å². The summed E-state index contributed by atoms with van der Waals surface area (Å²) >= 11 is 0. The number of piperidine rings is 1. The van der Waals surface area contributed by atoms with Gasteiger partial charge >= 0.3 is 0 Å². The van der Waals surface area contributed by atoms with E-state index in [1.807, 2.05) is 12.1 Å². The van der Waals surface area contributed by atoms with Gasteiger partial charge in [0.05, 0.1) is 0 Å². The van der Waals surface area contributed by atoms with Gasteiger partial charge in [-0.3, -0.25) is 4.98 Å². The Morgan fingerprint density at radius 3 is 3.05 bits per heavy atom. The molecule has 102 valence electrons. The molecule has 0 spiro atoms. The molecular weight excluding hydrogens is 264 g/mol. The van der Waals surface area contributed by atoms with Crippen LogP contribution in [-0.2, 0) is 0 Å². The highest BCUT2D eigenvalue weighted by Gasteiger charge is 2.25. The maximum absolute atomic E-state index is 5.39. The van der Waals surface area contributed by atoms with Crippen molar-refractivity contribution >= 4 is 12.4 Å². The lowest BCUT2D eigenvalue weighted by Crippen LogP contribution is -2.34. The fourth-order valence-corrected chi connectivity index (χ4v) is 2.37. The third kappa shape index (κ3) is 3.11. The average molecular weight is 281 g/mol. The van der Waals surface area contributed by atoms with Crippen molar-refractivity contribution < 1.29 is 4.52 Å². The van der Waals surface area contributed by atoms with E-state index >= 15 is 0 Å². The molecule has 3 rings (SSSR count). The maximum Gasteiger partial charge on any atom is 0.230 e. The molecule has 1 fully saturated rings. The first kappa shape index (κ1) is 14.0. The molecule has 1 N–H and O–H groups in total. The van der Waals surface area contributed by atoms with Crippen molar-refractivity contribution in [2.24, 2.45) is 0 Å². The summed E-state index contributed by atoms with van der Waals surface area (Å²) in [6, 6.07) is 4.32. The van der Waals surface area contributed by atoms with E-state index < -0.39 is 0 Å². The molecule has 0 bridgehead atoms. The molecule has 0 aliphatic carbocycles. The van der Waals surface area contributed by atoms with Crippen LogP contribution < -0.4 is 5.32 Å². The number of hydrogen-bond acceptors (Lipinski definition) is 5. The number of pyridine rings is 1. The highest BCUT2D eigenvalue weighted by atomic mass is 35.5. The first-order chi connectivity index (χ1) is 8.83. The van der Waals surface area contributed by atoms with Crippen molar-refractivity contribution in [1.82, 2.24) is 20.4 Å². The summed E-state index contributed by atoms with van der Waals surface area (Å²) in [6.07, 6.45) is 5.59. The Labute approximate surface area is 118 Å². The second-order valence-corrected chi connectivity index (χ2v) is 4.77. The summed E-state index contributed by atoms with van der Waals surface area (Å²) < 4.78 is 5.39. The van der Waals surface area contributed by atoms with Crippen LogP contribution in [0.3, 0.4) is 0 Å². The van der Waals surface area contributed by atoms with Gasteiger partial charge in [0.15, 0.2) is 0 Å². The monoisotopic (exact) mass is 280 g/mol. The zero-order valence-electron chi connectivity index (χ0n) is 10.7. The van der Waals surface area contributed by atoms with E-state index in [2.05, 4.69) is 27.4 Å². The van der Waals surface area contributed by atoms with Crippen LogP contribution in [0.5, 0.6) is 0 Å². The summed E-state index contributed by atoms with van der Waals surface area (Å²) in [5.41, 5.74) is 0.898. The standard InChI is InChI=1S/C13H16N4O.ClH/c1-9-7-10(4-6-15-9)13-16-12(17-18-13)11-3-2-5-14-8-11;/h2-3,5,8-10,15H,4,6-7H2,1H3;1H/t9-,10-;/m0./s1. The predicted molar refractivity (Wildman–Crippen MR) is 74.2 cm³/mol. The summed E-state index contributed by atoms with van der Waals surface area (Å²) in [6.45, 7) is 3.20. The number of nitrogens with one attached hydrogen (secondary N) is 1. The van der Waals surface area contributed by atoms with Crippen LogP contribution in [0.25, 0.3) is 11.4 Å². The Bertz CT molecular complexity index is 516. The third-order valence-corrected chi connectivity index (χ3v) is 3.33. The Morgan fingerprint density at radius 1 is 1.42 bits per heavy atom. The smallest absolute Gasteiger partial charge is 0.230 e. The number of rotatable bonds is 2. The van der Waals surface area contributed by atoms with E-state index in [-0.39, 0.29) is 12.4 Å². The van der Waals surface area contributed by atoms with Crippen molar-refractivity contribution in [3.8, 4) is 11.4 Å². The Hall–Kier alpha value is -1.46. The maximum atomic E-state index is 5.39. The van der Waals surface area contributed by atoms with E-state index in [4.69, 9.17) is 4.52 Å². The molecule has 5 nitrogen and oxygen atoms in total. The quantitative estimate of drug-likeness (QED) is 0.915. The number of aromatic nitrogens is 3. The molecular formula is C13H17ClN4O. The minimum atomic E-state index is 0. The van der Waals surface area contributed by atoms with Crippen LogP contribution in [0.1, 0.15) is 31.6 Å². The molecule has 19 heavy (non-hydrogen) atoms. The molecule has 1 aliphatic heterocycles. The fourth-order valence-electron chi connectivity index (χ4n) is 2.37. The molecule has 1 saturated heterocycles. The van der Waals surface area contributed by atoms with Gasteiger partial charge in [-0.25, -0.2) is 0 Å². The normalized spacial score (nSPS) is 22.8. The van der Waals surface area contributed by atoms with E-state index in [1.165, 1.54) is 0 Å². The highest BCUT2D eigenvalue weighted by molar-refractivity contribution is 5.85. The molecule has 0 amide bonds. The summed E-state index contributed by atoms with van der Waals surface area (Å²) in [5.74, 6) is 1.76. The number of hydrogen-bond donors (Lipinski definition) is 1. The Balaban J connectivity index is 0.00000133. The molecule has 0 saturated carbocycles. The summed E-state index contributed by atoms with van der Waals surface area (Å²) in [7, 11) is 0. The number of nitrogens with zero attached hydrogens (tertiary/aromatic N) is 3. The van der Waals surface area contributed by atoms with Crippen molar-refractivity contribution in [2.45, 2.75) is 31.7 Å². The topological polar surface area (TPSA) is 63.8 Å². The molecule has 0 unspecified atom stereocenters. The van der Waals surface area contributed by atoms with Crippen LogP contribution in [0.2, 0.25) is 0 Å². The summed E-state index contributed by atoms with van der Waals surface area (Å²) in [5, 5.41) is 7.46. The molecule has 2 aromatic rings. The first-order valence-electron chi connectivity index (χ1n) is 6.30. The van der Waals surface area contributed by atoms with Gasteiger partial charge < -0.3 is 9.84 Å². The van der Waals surface area contributed by atoms with Crippen LogP contribution in [0, 0.1) is 0 Å². The Morgan fingerprint density at radius 2 is 2.32 bits per heavy atom. The Kier molecular flexibility index (Phi) is 4.50. The van der Waals surface area contributed by atoms with E-state index in [1.54, 1.807) is 12.4 Å². The van der Waals surface area contributed by atoms with Crippen LogP contribution in [0.4, 0.5) is 0 Å². The first-order valence-corrected chi connectivity index (χ1v) is 6.30. The van der Waals surface area contributed by atoms with Crippen LogP contribution in [0.15, 0.2) is 29.0 Å². The molecule has 0 radical (unpaired) electrons. The second-order valence-electron chi connectivity index (χ2n) is 4.77. The lowest BCUT2D eigenvalue weighted by Gasteiger charge is -2.25. The van der Waals surface area contributed by atoms with Crippen molar-refractivity contribution in [3.05, 3.63) is 30.4 Å². The van der Waals surface area contributed by atoms with Crippen LogP contribution >= 0.6 is 12.4 Å². The van der Waals surface area contributed by atoms with Gasteiger partial charge in [-0.05, 0) is 38.4 Å². The highest BCUT2D eigenvalue weighted by Crippen LogP contribution is 2.27. The van der Waals surface area contributed by atoms with Gasteiger partial charge in [0.25, 0.3) is 0 Å². The van der Waals surface area contributed by atoms with Crippen molar-refractivity contribution in [1.29, 1.82) is 0 Å². The lowest BCUT2D eigenvalue weighted by molar-refractivity contribution is 0.295. The predicted octanol–water partition coefficient (Wildman–Crippen LogP) is 2.41. The largest absolute Gasteiger partial charge is 0.339 e. The van der Waals surface area contributed by atoms with Gasteiger partial charge in [-0.1, -0.05) is 5.16 Å². The second kappa shape index (κ2) is 6.12. The van der Waals surface area contributed by atoms with E-state index in [0.717, 1.165) is 30.8 Å². The summed E-state index contributed by atoms with van der Waals surface area (Å²) in [4.78, 5) is 8.56. The van der Waals surface area contributed by atoms with Gasteiger partial charge in [0.1, 0.15) is 0 Å². The minimum Gasteiger partial charge on any atom is -0.339 e. The SMILES string of the molecule is C[C@H]1C[C@@H](c2nc(-c3cccnc3)no2)CCN1.Cl. The lowest BCUT2D eigenvalue weighted by atomic mass is 9.93. The molecule has 2 atom stereocenters. The van der Waals surface area contributed by atoms with Crippen molar-refractivity contribution in [3.63, 3.8) is 0 Å². The van der Waals surface area contributed by atoms with Gasteiger partial charge in [-0.15, -0.1) is 12.4 Å². The molecule has 2 aromatic heterocycles. The average Bonchev–Trinajstić information content (AvgIpc) is 2.89. The molecule has 0 aromatic carbocycles. The number of halogens is 1.